The van der Waals surface area contributed by atoms with E-state index in [1.807, 2.05) is 0 Å². The molecule has 2 aliphatic rings. The van der Waals surface area contributed by atoms with E-state index in [0.29, 0.717) is 18.6 Å². The van der Waals surface area contributed by atoms with Gasteiger partial charge in [-0.05, 0) is 44.4 Å². The van der Waals surface area contributed by atoms with Crippen LogP contribution in [0.1, 0.15) is 57.8 Å². The minimum absolute atomic E-state index is 0.0301. The fourth-order valence-electron chi connectivity index (χ4n) is 3.03. The number of nitrogens with two attached hydrogens (primary N) is 1. The van der Waals surface area contributed by atoms with Gasteiger partial charge in [-0.2, -0.15) is 0 Å². The van der Waals surface area contributed by atoms with Gasteiger partial charge in [-0.25, -0.2) is 0 Å². The number of hydrogen-bond donors (Lipinski definition) is 1. The summed E-state index contributed by atoms with van der Waals surface area (Å²) in [5.74, 6) is 0.777. The van der Waals surface area contributed by atoms with Crippen molar-refractivity contribution in [3.8, 4) is 0 Å². The van der Waals surface area contributed by atoms with Gasteiger partial charge in [0.05, 0.1) is 12.5 Å². The Bertz CT molecular complexity index is 241. The van der Waals surface area contributed by atoms with E-state index in [2.05, 4.69) is 0 Å². The highest BCUT2D eigenvalue weighted by Crippen LogP contribution is 2.26. The summed E-state index contributed by atoms with van der Waals surface area (Å²) in [7, 11) is 0. The van der Waals surface area contributed by atoms with Crippen molar-refractivity contribution >= 4 is 5.97 Å². The Kier molecular flexibility index (Phi) is 4.84. The van der Waals surface area contributed by atoms with Crippen molar-refractivity contribution in [2.24, 2.45) is 17.6 Å². The average molecular weight is 239 g/mol. The molecule has 2 rings (SSSR count). The van der Waals surface area contributed by atoms with Gasteiger partial charge in [-0.15, -0.1) is 0 Å². The Morgan fingerprint density at radius 2 is 1.65 bits per heavy atom. The molecule has 2 saturated carbocycles. The predicted molar refractivity (Wildman–Crippen MR) is 67.5 cm³/mol. The number of esters is 1. The largest absolute Gasteiger partial charge is 0.465 e. The van der Waals surface area contributed by atoms with E-state index < -0.39 is 0 Å². The number of ether oxygens (including phenoxy) is 1. The second kappa shape index (κ2) is 6.39. The first-order valence-electron chi connectivity index (χ1n) is 7.18. The summed E-state index contributed by atoms with van der Waals surface area (Å²) in [4.78, 5) is 11.9. The lowest BCUT2D eigenvalue weighted by molar-refractivity contribution is -0.151. The summed E-state index contributed by atoms with van der Waals surface area (Å²) in [6.07, 6.45) is 10.2. The van der Waals surface area contributed by atoms with E-state index in [9.17, 15) is 4.79 Å². The molecule has 0 heterocycles. The molecule has 0 bridgehead atoms. The third kappa shape index (κ3) is 3.98. The Morgan fingerprint density at radius 1 is 1.00 bits per heavy atom. The molecular weight excluding hydrogens is 214 g/mol. The summed E-state index contributed by atoms with van der Waals surface area (Å²) >= 11 is 0. The number of hydrogen-bond acceptors (Lipinski definition) is 3. The van der Waals surface area contributed by atoms with E-state index in [4.69, 9.17) is 10.5 Å². The molecule has 0 aromatic rings. The smallest absolute Gasteiger partial charge is 0.308 e. The Balaban J connectivity index is 1.66. The summed E-state index contributed by atoms with van der Waals surface area (Å²) in [6.45, 7) is 0.654. The lowest BCUT2D eigenvalue weighted by Crippen LogP contribution is -2.31. The van der Waals surface area contributed by atoms with Crippen LogP contribution < -0.4 is 5.73 Å². The van der Waals surface area contributed by atoms with Crippen molar-refractivity contribution < 1.29 is 9.53 Å². The van der Waals surface area contributed by atoms with Crippen LogP contribution in [0.25, 0.3) is 0 Å². The zero-order valence-corrected chi connectivity index (χ0v) is 10.7. The molecule has 17 heavy (non-hydrogen) atoms. The minimum atomic E-state index is 0.0301. The van der Waals surface area contributed by atoms with Crippen LogP contribution in [-0.4, -0.2) is 18.6 Å². The Morgan fingerprint density at radius 3 is 2.29 bits per heavy atom. The monoisotopic (exact) mass is 239 g/mol. The van der Waals surface area contributed by atoms with E-state index in [1.54, 1.807) is 0 Å². The van der Waals surface area contributed by atoms with Gasteiger partial charge in [0.15, 0.2) is 0 Å². The molecule has 0 atom stereocenters. The van der Waals surface area contributed by atoms with Gasteiger partial charge in [0.25, 0.3) is 0 Å². The first-order chi connectivity index (χ1) is 8.25. The molecule has 0 saturated heterocycles. The van der Waals surface area contributed by atoms with Crippen LogP contribution in [0.3, 0.4) is 0 Å². The molecule has 98 valence electrons. The predicted octanol–water partition coefficient (Wildman–Crippen LogP) is 2.63. The van der Waals surface area contributed by atoms with Crippen LogP contribution in [0.2, 0.25) is 0 Å². The van der Waals surface area contributed by atoms with Gasteiger partial charge >= 0.3 is 5.97 Å². The van der Waals surface area contributed by atoms with E-state index in [1.165, 1.54) is 32.1 Å². The van der Waals surface area contributed by atoms with Gasteiger partial charge in [0.2, 0.25) is 0 Å². The normalized spacial score (nSPS) is 31.1. The number of rotatable bonds is 3. The van der Waals surface area contributed by atoms with E-state index >= 15 is 0 Å². The molecule has 0 aromatic heterocycles. The lowest BCUT2D eigenvalue weighted by Gasteiger charge is -2.26. The fourth-order valence-corrected chi connectivity index (χ4v) is 3.03. The SMILES string of the molecule is NC1CCC(C(=O)OCC2CCCCC2)CC1. The van der Waals surface area contributed by atoms with Gasteiger partial charge in [0, 0.05) is 6.04 Å². The van der Waals surface area contributed by atoms with Crippen molar-refractivity contribution in [3.05, 3.63) is 0 Å². The summed E-state index contributed by atoms with van der Waals surface area (Å²) in [6, 6.07) is 0.303. The fraction of sp³-hybridized carbons (Fsp3) is 0.929. The highest BCUT2D eigenvalue weighted by atomic mass is 16.5. The van der Waals surface area contributed by atoms with Crippen molar-refractivity contribution in [1.29, 1.82) is 0 Å². The first kappa shape index (κ1) is 12.9. The molecule has 2 fully saturated rings. The average Bonchev–Trinajstić information content (AvgIpc) is 2.38. The number of carbonyl (C=O) groups is 1. The maximum atomic E-state index is 11.9. The quantitative estimate of drug-likeness (QED) is 0.770. The van der Waals surface area contributed by atoms with Crippen molar-refractivity contribution in [1.82, 2.24) is 0 Å². The summed E-state index contributed by atoms with van der Waals surface area (Å²) in [5.41, 5.74) is 5.84. The standard InChI is InChI=1S/C14H25NO2/c15-13-8-6-12(7-9-13)14(16)17-10-11-4-2-1-3-5-11/h11-13H,1-10,15H2. The number of carbonyl (C=O) groups excluding carboxylic acids is 1. The maximum Gasteiger partial charge on any atom is 0.308 e. The molecular formula is C14H25NO2. The molecule has 2 N–H and O–H groups in total. The van der Waals surface area contributed by atoms with E-state index in [-0.39, 0.29) is 11.9 Å². The zero-order chi connectivity index (χ0) is 12.1. The maximum absolute atomic E-state index is 11.9. The second-order valence-corrected chi connectivity index (χ2v) is 5.75. The molecule has 0 unspecified atom stereocenters. The van der Waals surface area contributed by atoms with Gasteiger partial charge in [-0.3, -0.25) is 4.79 Å². The first-order valence-corrected chi connectivity index (χ1v) is 7.18. The lowest BCUT2D eigenvalue weighted by atomic mass is 9.86. The molecule has 0 aliphatic heterocycles. The summed E-state index contributed by atoms with van der Waals surface area (Å²) < 4.78 is 5.48. The van der Waals surface area contributed by atoms with Crippen LogP contribution >= 0.6 is 0 Å². The van der Waals surface area contributed by atoms with E-state index in [0.717, 1.165) is 25.7 Å². The van der Waals surface area contributed by atoms with Crippen LogP contribution in [0.5, 0.6) is 0 Å². The Hall–Kier alpha value is -0.570. The molecule has 0 aromatic carbocycles. The summed E-state index contributed by atoms with van der Waals surface area (Å²) in [5, 5.41) is 0. The highest BCUT2D eigenvalue weighted by Gasteiger charge is 2.26. The molecule has 0 amide bonds. The van der Waals surface area contributed by atoms with Crippen LogP contribution in [0, 0.1) is 11.8 Å². The zero-order valence-electron chi connectivity index (χ0n) is 10.7. The van der Waals surface area contributed by atoms with Crippen molar-refractivity contribution in [2.45, 2.75) is 63.8 Å². The second-order valence-electron chi connectivity index (χ2n) is 5.75. The van der Waals surface area contributed by atoms with Crippen LogP contribution in [0.15, 0.2) is 0 Å². The molecule has 0 spiro atoms. The molecule has 2 aliphatic carbocycles. The Labute approximate surface area is 104 Å². The molecule has 3 nitrogen and oxygen atoms in total. The van der Waals surface area contributed by atoms with Crippen LogP contribution in [-0.2, 0) is 9.53 Å². The minimum Gasteiger partial charge on any atom is -0.465 e. The third-order valence-corrected chi connectivity index (χ3v) is 4.29. The van der Waals surface area contributed by atoms with Gasteiger partial charge in [0.1, 0.15) is 0 Å². The highest BCUT2D eigenvalue weighted by molar-refractivity contribution is 5.72. The molecule has 3 heteroatoms. The van der Waals surface area contributed by atoms with Gasteiger partial charge < -0.3 is 10.5 Å². The van der Waals surface area contributed by atoms with Crippen molar-refractivity contribution in [3.63, 3.8) is 0 Å². The van der Waals surface area contributed by atoms with Crippen LogP contribution in [0.4, 0.5) is 0 Å². The topological polar surface area (TPSA) is 52.3 Å². The molecule has 0 radical (unpaired) electrons. The van der Waals surface area contributed by atoms with Crippen molar-refractivity contribution in [2.75, 3.05) is 6.61 Å². The third-order valence-electron chi connectivity index (χ3n) is 4.29. The van der Waals surface area contributed by atoms with Gasteiger partial charge in [-0.1, -0.05) is 19.3 Å².